The van der Waals surface area contributed by atoms with E-state index < -0.39 is 0 Å². The lowest BCUT2D eigenvalue weighted by atomic mass is 10.1. The van der Waals surface area contributed by atoms with Gasteiger partial charge >= 0.3 is 0 Å². The molecule has 4 nitrogen and oxygen atoms in total. The van der Waals surface area contributed by atoms with Gasteiger partial charge in [-0.1, -0.05) is 6.07 Å². The molecule has 1 aliphatic rings. The molecule has 3 rings (SSSR count). The number of hydrogen-bond acceptors (Lipinski definition) is 4. The lowest BCUT2D eigenvalue weighted by Gasteiger charge is -2.16. The molecule has 0 spiro atoms. The van der Waals surface area contributed by atoms with E-state index in [0.29, 0.717) is 12.1 Å². The van der Waals surface area contributed by atoms with E-state index in [1.807, 2.05) is 18.2 Å². The van der Waals surface area contributed by atoms with Gasteiger partial charge < -0.3 is 16.4 Å². The Balaban J connectivity index is 1.86. The molecule has 1 aromatic heterocycles. The Morgan fingerprint density at radius 3 is 3.05 bits per heavy atom. The predicted molar refractivity (Wildman–Crippen MR) is 79.5 cm³/mol. The van der Waals surface area contributed by atoms with Gasteiger partial charge in [0.05, 0.1) is 23.8 Å². The van der Waals surface area contributed by atoms with E-state index in [4.69, 9.17) is 5.73 Å². The minimum atomic E-state index is 0.0258. The molecule has 4 N–H and O–H groups in total. The lowest BCUT2D eigenvalue weighted by molar-refractivity contribution is -0.115. The quantitative estimate of drug-likeness (QED) is 0.753. The van der Waals surface area contributed by atoms with Crippen molar-refractivity contribution in [2.75, 3.05) is 16.4 Å². The van der Waals surface area contributed by atoms with Crippen LogP contribution in [0.25, 0.3) is 0 Å². The van der Waals surface area contributed by atoms with Crippen LogP contribution in [0.1, 0.15) is 23.4 Å². The normalized spacial score (nSPS) is 14.9. The van der Waals surface area contributed by atoms with E-state index in [0.717, 1.165) is 16.9 Å². The molecule has 0 bridgehead atoms. The lowest BCUT2D eigenvalue weighted by Crippen LogP contribution is -2.07. The van der Waals surface area contributed by atoms with Gasteiger partial charge in [-0.05, 0) is 36.1 Å². The van der Waals surface area contributed by atoms with E-state index in [1.54, 1.807) is 11.3 Å². The Morgan fingerprint density at radius 2 is 2.32 bits per heavy atom. The second kappa shape index (κ2) is 4.59. The smallest absolute Gasteiger partial charge is 0.228 e. The van der Waals surface area contributed by atoms with Crippen LogP contribution in [-0.4, -0.2) is 5.91 Å². The van der Waals surface area contributed by atoms with Crippen LogP contribution in [0.15, 0.2) is 29.6 Å². The molecule has 1 aromatic carbocycles. The molecular weight excluding hydrogens is 258 g/mol. The van der Waals surface area contributed by atoms with Crippen LogP contribution >= 0.6 is 11.3 Å². The van der Waals surface area contributed by atoms with Gasteiger partial charge in [0.15, 0.2) is 0 Å². The number of benzene rings is 1. The molecule has 1 atom stereocenters. The molecule has 0 saturated carbocycles. The maximum atomic E-state index is 11.4. The third-order valence-corrected chi connectivity index (χ3v) is 4.30. The largest absolute Gasteiger partial charge is 0.397 e. The van der Waals surface area contributed by atoms with Gasteiger partial charge in [0.25, 0.3) is 0 Å². The summed E-state index contributed by atoms with van der Waals surface area (Å²) in [6, 6.07) is 8.10. The third kappa shape index (κ3) is 2.29. The van der Waals surface area contributed by atoms with Crippen molar-refractivity contribution in [3.63, 3.8) is 0 Å². The fraction of sp³-hybridized carbons (Fsp3) is 0.214. The van der Waals surface area contributed by atoms with E-state index in [-0.39, 0.29) is 11.9 Å². The molecule has 2 aromatic rings. The van der Waals surface area contributed by atoms with Crippen LogP contribution in [0.5, 0.6) is 0 Å². The van der Waals surface area contributed by atoms with Gasteiger partial charge in [0.2, 0.25) is 5.91 Å². The van der Waals surface area contributed by atoms with Gasteiger partial charge in [-0.2, -0.15) is 0 Å². The van der Waals surface area contributed by atoms with Crippen molar-refractivity contribution in [1.82, 2.24) is 0 Å². The molecule has 2 heterocycles. The second-order valence-corrected chi connectivity index (χ2v) is 5.68. The number of hydrogen-bond donors (Lipinski definition) is 3. The van der Waals surface area contributed by atoms with Crippen molar-refractivity contribution in [2.45, 2.75) is 19.4 Å². The number of fused-ring (bicyclic) bond motifs is 1. The Kier molecular flexibility index (Phi) is 2.91. The second-order valence-electron chi connectivity index (χ2n) is 4.70. The van der Waals surface area contributed by atoms with Gasteiger partial charge in [0, 0.05) is 10.6 Å². The van der Waals surface area contributed by atoms with Crippen LogP contribution < -0.4 is 16.4 Å². The number of anilines is 3. The van der Waals surface area contributed by atoms with E-state index in [2.05, 4.69) is 29.0 Å². The Bertz CT molecular complexity index is 622. The SMILES string of the molecule is CC(Nc1cc2c(cc1N)CC(=O)N2)c1cccs1. The standard InChI is InChI=1S/C14H15N3OS/c1-8(13-3-2-4-19-13)16-12-7-11-9(5-10(12)15)6-14(18)17-11/h2-5,7-8,16H,6,15H2,1H3,(H,17,18). The van der Waals surface area contributed by atoms with Gasteiger partial charge in [-0.15, -0.1) is 11.3 Å². The monoisotopic (exact) mass is 273 g/mol. The number of rotatable bonds is 3. The summed E-state index contributed by atoms with van der Waals surface area (Å²) in [5.41, 5.74) is 9.42. The summed E-state index contributed by atoms with van der Waals surface area (Å²) in [7, 11) is 0. The van der Waals surface area contributed by atoms with Gasteiger partial charge in [0.1, 0.15) is 0 Å². The summed E-state index contributed by atoms with van der Waals surface area (Å²) in [5.74, 6) is 0.0258. The van der Waals surface area contributed by atoms with Gasteiger partial charge in [-0.25, -0.2) is 0 Å². The highest BCUT2D eigenvalue weighted by molar-refractivity contribution is 7.10. The topological polar surface area (TPSA) is 67.1 Å². The highest BCUT2D eigenvalue weighted by atomic mass is 32.1. The van der Waals surface area contributed by atoms with Crippen LogP contribution in [-0.2, 0) is 11.2 Å². The first-order chi connectivity index (χ1) is 9.13. The zero-order valence-corrected chi connectivity index (χ0v) is 11.4. The number of nitrogens with one attached hydrogen (secondary N) is 2. The first-order valence-electron chi connectivity index (χ1n) is 6.15. The van der Waals surface area contributed by atoms with Crippen molar-refractivity contribution >= 4 is 34.3 Å². The molecule has 1 unspecified atom stereocenters. The van der Waals surface area contributed by atoms with E-state index in [9.17, 15) is 4.79 Å². The molecule has 98 valence electrons. The molecule has 0 fully saturated rings. The van der Waals surface area contributed by atoms with E-state index in [1.165, 1.54) is 4.88 Å². The molecule has 1 amide bonds. The Morgan fingerprint density at radius 1 is 1.47 bits per heavy atom. The molecule has 0 saturated heterocycles. The summed E-state index contributed by atoms with van der Waals surface area (Å²) in [6.07, 6.45) is 0.417. The van der Waals surface area contributed by atoms with Crippen molar-refractivity contribution < 1.29 is 4.79 Å². The van der Waals surface area contributed by atoms with Crippen LogP contribution in [0.3, 0.4) is 0 Å². The first kappa shape index (κ1) is 12.0. The molecule has 0 radical (unpaired) electrons. The average molecular weight is 273 g/mol. The molecular formula is C14H15N3OS. The zero-order chi connectivity index (χ0) is 13.4. The first-order valence-corrected chi connectivity index (χ1v) is 7.03. The Labute approximate surface area is 115 Å². The maximum absolute atomic E-state index is 11.4. The average Bonchev–Trinajstić information content (AvgIpc) is 2.97. The summed E-state index contributed by atoms with van der Waals surface area (Å²) in [4.78, 5) is 12.6. The van der Waals surface area contributed by atoms with Crippen LogP contribution in [0.2, 0.25) is 0 Å². The van der Waals surface area contributed by atoms with Crippen molar-refractivity contribution in [1.29, 1.82) is 0 Å². The van der Waals surface area contributed by atoms with Crippen molar-refractivity contribution in [3.8, 4) is 0 Å². The fourth-order valence-electron chi connectivity index (χ4n) is 2.26. The third-order valence-electron chi connectivity index (χ3n) is 3.24. The molecule has 5 heteroatoms. The fourth-order valence-corrected chi connectivity index (χ4v) is 3.00. The summed E-state index contributed by atoms with van der Waals surface area (Å²) in [5, 5.41) is 8.29. The summed E-state index contributed by atoms with van der Waals surface area (Å²) < 4.78 is 0. The number of nitrogens with two attached hydrogens (primary N) is 1. The highest BCUT2D eigenvalue weighted by Crippen LogP contribution is 2.33. The minimum absolute atomic E-state index is 0.0258. The molecule has 19 heavy (non-hydrogen) atoms. The minimum Gasteiger partial charge on any atom is -0.397 e. The summed E-state index contributed by atoms with van der Waals surface area (Å²) in [6.45, 7) is 2.09. The predicted octanol–water partition coefficient (Wildman–Crippen LogP) is 3.00. The van der Waals surface area contributed by atoms with E-state index >= 15 is 0 Å². The zero-order valence-electron chi connectivity index (χ0n) is 10.6. The summed E-state index contributed by atoms with van der Waals surface area (Å²) >= 11 is 1.71. The van der Waals surface area contributed by atoms with Crippen LogP contribution in [0.4, 0.5) is 17.1 Å². The number of nitrogen functional groups attached to an aromatic ring is 1. The molecule has 0 aliphatic carbocycles. The van der Waals surface area contributed by atoms with Crippen molar-refractivity contribution in [2.24, 2.45) is 0 Å². The van der Waals surface area contributed by atoms with Gasteiger partial charge in [-0.3, -0.25) is 4.79 Å². The van der Waals surface area contributed by atoms with Crippen LogP contribution in [0, 0.1) is 0 Å². The maximum Gasteiger partial charge on any atom is 0.228 e. The number of thiophene rings is 1. The molecule has 1 aliphatic heterocycles. The number of carbonyl (C=O) groups is 1. The highest BCUT2D eigenvalue weighted by Gasteiger charge is 2.20. The Hall–Kier alpha value is -2.01. The number of amides is 1. The van der Waals surface area contributed by atoms with Crippen molar-refractivity contribution in [3.05, 3.63) is 40.1 Å². The number of carbonyl (C=O) groups excluding carboxylic acids is 1.